The molecule has 0 fully saturated rings. The van der Waals surface area contributed by atoms with Crippen LogP contribution < -0.4 is 14.2 Å². The molecule has 7 nitrogen and oxygen atoms in total. The molecule has 43 heavy (non-hydrogen) atoms. The van der Waals surface area contributed by atoms with E-state index in [0.29, 0.717) is 33.2 Å². The molecule has 0 saturated heterocycles. The van der Waals surface area contributed by atoms with E-state index in [9.17, 15) is 21.6 Å². The molecule has 220 valence electrons. The number of nitrogens with zero attached hydrogens (tertiary/aromatic N) is 2. The summed E-state index contributed by atoms with van der Waals surface area (Å²) in [7, 11) is -4.45. The zero-order valence-electron chi connectivity index (χ0n) is 20.9. The maximum absolute atomic E-state index is 13.2. The minimum absolute atomic E-state index is 0.0308. The van der Waals surface area contributed by atoms with E-state index in [-0.39, 0.29) is 27.6 Å². The van der Waals surface area contributed by atoms with Crippen LogP contribution in [0.5, 0.6) is 21.9 Å². The van der Waals surface area contributed by atoms with E-state index in [1.54, 1.807) is 36.4 Å². The highest BCUT2D eigenvalue weighted by Gasteiger charge is 2.32. The lowest BCUT2D eigenvalue weighted by Gasteiger charge is -2.14. The van der Waals surface area contributed by atoms with E-state index in [2.05, 4.69) is 14.7 Å². The molecular formula is C27H13Cl3F3N3O4S3. The monoisotopic (exact) mass is 701 g/mol. The van der Waals surface area contributed by atoms with Crippen LogP contribution in [0.3, 0.4) is 0 Å². The lowest BCUT2D eigenvalue weighted by molar-refractivity contribution is -0.137. The molecule has 1 N–H and O–H groups in total. The maximum atomic E-state index is 13.2. The molecule has 2 heterocycles. The Morgan fingerprint density at radius 1 is 0.721 bits per heavy atom. The van der Waals surface area contributed by atoms with Crippen LogP contribution in [0.2, 0.25) is 15.1 Å². The largest absolute Gasteiger partial charge is 0.431 e. The van der Waals surface area contributed by atoms with Gasteiger partial charge in [0.15, 0.2) is 0 Å². The Bertz CT molecular complexity index is 2040. The number of halogens is 6. The van der Waals surface area contributed by atoms with Gasteiger partial charge in [0.1, 0.15) is 16.4 Å². The zero-order valence-corrected chi connectivity index (χ0v) is 25.7. The quantitative estimate of drug-likeness (QED) is 0.178. The molecule has 6 rings (SSSR count). The Hall–Kier alpha value is -3.33. The molecule has 4 aromatic carbocycles. The standard InChI is InChI=1S/C27H13Cl3F3N3O4S3/c28-14-2-4-22-20(8-14)34-25(41-22)39-17-10-16(36-43(37,38)24-6-1-13(7-19(24)30)27(31,32)33)11-18(12-17)40-26-35-21-9-15(29)3-5-23(21)42-26/h1-12,36H. The average molecular weight is 703 g/mol. The van der Waals surface area contributed by atoms with Crippen molar-refractivity contribution in [1.82, 2.24) is 9.97 Å². The highest BCUT2D eigenvalue weighted by Crippen LogP contribution is 2.39. The zero-order chi connectivity index (χ0) is 30.5. The molecule has 16 heteroatoms. The minimum atomic E-state index is -4.70. The summed E-state index contributed by atoms with van der Waals surface area (Å²) < 4.78 is 81.6. The number of thiazole rings is 2. The van der Waals surface area contributed by atoms with Gasteiger partial charge in [0.2, 0.25) is 0 Å². The highest BCUT2D eigenvalue weighted by atomic mass is 35.5. The van der Waals surface area contributed by atoms with Gasteiger partial charge in [0.05, 0.1) is 36.7 Å². The van der Waals surface area contributed by atoms with Crippen LogP contribution in [0.15, 0.2) is 77.7 Å². The average Bonchev–Trinajstić information content (AvgIpc) is 3.49. The third kappa shape index (κ3) is 6.61. The Balaban J connectivity index is 1.36. The molecule has 0 saturated carbocycles. The van der Waals surface area contributed by atoms with Crippen molar-refractivity contribution in [3.63, 3.8) is 0 Å². The van der Waals surface area contributed by atoms with E-state index < -0.39 is 31.7 Å². The van der Waals surface area contributed by atoms with Gasteiger partial charge in [-0.15, -0.1) is 0 Å². The molecule has 0 atom stereocenters. The normalized spacial score (nSPS) is 12.1. The first-order chi connectivity index (χ1) is 20.3. The van der Waals surface area contributed by atoms with E-state index >= 15 is 0 Å². The SMILES string of the molecule is O=S(=O)(Nc1cc(Oc2nc3cc(Cl)ccc3s2)cc(Oc2nc3cc(Cl)ccc3s2)c1)c1ccc(C(F)(F)F)cc1Cl. The van der Waals surface area contributed by atoms with Crippen LogP contribution in [0.25, 0.3) is 20.4 Å². The van der Waals surface area contributed by atoms with Crippen molar-refractivity contribution in [1.29, 1.82) is 0 Å². The number of rotatable bonds is 7. The van der Waals surface area contributed by atoms with Crippen molar-refractivity contribution in [2.24, 2.45) is 0 Å². The van der Waals surface area contributed by atoms with Gasteiger partial charge < -0.3 is 9.47 Å². The lowest BCUT2D eigenvalue weighted by atomic mass is 10.2. The number of hydrogen-bond donors (Lipinski definition) is 1. The van der Waals surface area contributed by atoms with Crippen molar-refractivity contribution in [2.45, 2.75) is 11.1 Å². The second-order valence-electron chi connectivity index (χ2n) is 8.83. The van der Waals surface area contributed by atoms with Crippen molar-refractivity contribution >= 4 is 93.6 Å². The fourth-order valence-electron chi connectivity index (χ4n) is 3.90. The van der Waals surface area contributed by atoms with E-state index in [0.717, 1.165) is 15.5 Å². The summed E-state index contributed by atoms with van der Waals surface area (Å²) in [4.78, 5) is 8.27. The number of aromatic nitrogens is 2. The van der Waals surface area contributed by atoms with Gasteiger partial charge in [-0.2, -0.15) is 13.2 Å². The molecule has 0 aliphatic heterocycles. The predicted molar refractivity (Wildman–Crippen MR) is 163 cm³/mol. The Kier molecular flexibility index (Phi) is 7.82. The van der Waals surface area contributed by atoms with Gasteiger partial charge >= 0.3 is 6.18 Å². The van der Waals surface area contributed by atoms with Crippen LogP contribution in [0, 0.1) is 0 Å². The highest BCUT2D eigenvalue weighted by molar-refractivity contribution is 7.92. The second kappa shape index (κ2) is 11.3. The van der Waals surface area contributed by atoms with E-state index in [1.807, 2.05) is 0 Å². The lowest BCUT2D eigenvalue weighted by Crippen LogP contribution is -2.14. The number of benzene rings is 4. The minimum Gasteiger partial charge on any atom is -0.431 e. The van der Waals surface area contributed by atoms with Gasteiger partial charge in [-0.05, 0) is 54.6 Å². The molecule has 0 radical (unpaired) electrons. The summed E-state index contributed by atoms with van der Waals surface area (Å²) in [6.45, 7) is 0. The Morgan fingerprint density at radius 2 is 1.26 bits per heavy atom. The molecule has 0 aliphatic carbocycles. The van der Waals surface area contributed by atoms with Crippen molar-refractivity contribution in [2.75, 3.05) is 4.72 Å². The van der Waals surface area contributed by atoms with Crippen LogP contribution in [-0.4, -0.2) is 18.4 Å². The van der Waals surface area contributed by atoms with Crippen LogP contribution in [0.4, 0.5) is 18.9 Å². The van der Waals surface area contributed by atoms with Gasteiger partial charge in [-0.3, -0.25) is 4.72 Å². The molecule has 0 bridgehead atoms. The number of ether oxygens (including phenoxy) is 2. The van der Waals surface area contributed by atoms with Crippen LogP contribution in [0.1, 0.15) is 5.56 Å². The Morgan fingerprint density at radius 3 is 1.74 bits per heavy atom. The summed E-state index contributed by atoms with van der Waals surface area (Å²) in [5, 5.41) is 0.866. The van der Waals surface area contributed by atoms with E-state index in [1.165, 1.54) is 40.9 Å². The molecule has 0 aliphatic rings. The molecule has 6 aromatic rings. The van der Waals surface area contributed by atoms with E-state index in [4.69, 9.17) is 44.3 Å². The number of fused-ring (bicyclic) bond motifs is 2. The second-order valence-corrected chi connectivity index (χ2v) is 13.7. The third-order valence-corrected chi connectivity index (χ3v) is 9.91. The number of alkyl halides is 3. The summed E-state index contributed by atoms with van der Waals surface area (Å²) in [6, 6.07) is 16.5. The first-order valence-corrected chi connectivity index (χ1v) is 16.1. The molecule has 0 spiro atoms. The summed E-state index contributed by atoms with van der Waals surface area (Å²) >= 11 is 20.6. The molecule has 2 aromatic heterocycles. The Labute approximate surface area is 264 Å². The molecule has 0 unspecified atom stereocenters. The van der Waals surface area contributed by atoms with Gasteiger partial charge in [0, 0.05) is 28.2 Å². The number of nitrogens with one attached hydrogen (secondary N) is 1. The summed E-state index contributed by atoms with van der Waals surface area (Å²) in [6.07, 6.45) is -4.70. The molecular weight excluding hydrogens is 690 g/mol. The number of hydrogen-bond acceptors (Lipinski definition) is 8. The first kappa shape index (κ1) is 29.7. The fourth-order valence-corrected chi connectivity index (χ4v) is 7.45. The van der Waals surface area contributed by atoms with Crippen LogP contribution >= 0.6 is 57.5 Å². The van der Waals surface area contributed by atoms with Gasteiger partial charge in [-0.1, -0.05) is 57.5 Å². The predicted octanol–water partition coefficient (Wildman–Crippen LogP) is 10.3. The summed E-state index contributed by atoms with van der Waals surface area (Å²) in [5.41, 5.74) is 0.0883. The van der Waals surface area contributed by atoms with Crippen molar-refractivity contribution < 1.29 is 31.1 Å². The maximum Gasteiger partial charge on any atom is 0.416 e. The fraction of sp³-hybridized carbons (Fsp3) is 0.0370. The number of anilines is 1. The third-order valence-electron chi connectivity index (χ3n) is 5.75. The van der Waals surface area contributed by atoms with Crippen molar-refractivity contribution in [3.8, 4) is 21.9 Å². The first-order valence-electron chi connectivity index (χ1n) is 11.8. The summed E-state index contributed by atoms with van der Waals surface area (Å²) in [5.74, 6) is 0.283. The van der Waals surface area contributed by atoms with Gasteiger partial charge in [0.25, 0.3) is 20.4 Å². The topological polar surface area (TPSA) is 90.4 Å². The van der Waals surface area contributed by atoms with Gasteiger partial charge in [-0.25, -0.2) is 18.4 Å². The molecule has 0 amide bonds. The van der Waals surface area contributed by atoms with Crippen LogP contribution in [-0.2, 0) is 16.2 Å². The smallest absolute Gasteiger partial charge is 0.416 e. The number of sulfonamides is 1. The van der Waals surface area contributed by atoms with Crippen molar-refractivity contribution in [3.05, 3.63) is 93.4 Å².